The molecule has 0 amide bonds. The monoisotopic (exact) mass is 589 g/mol. The molecule has 9 nitrogen and oxygen atoms in total. The number of para-hydroxylation sites is 1. The third kappa shape index (κ3) is 9.71. The summed E-state index contributed by atoms with van der Waals surface area (Å²) in [5.41, 5.74) is 2.16. The smallest absolute Gasteiger partial charge is 0.414 e. The average molecular weight is 590 g/mol. The molecule has 42 heavy (non-hydrogen) atoms. The first-order valence-electron chi connectivity index (χ1n) is 13.3. The van der Waals surface area contributed by atoms with E-state index in [4.69, 9.17) is 34.0 Å². The summed E-state index contributed by atoms with van der Waals surface area (Å²) in [6.45, 7) is 3.50. The zero-order valence-electron chi connectivity index (χ0n) is 23.6. The first kappa shape index (κ1) is 34.0. The molecule has 0 aliphatic carbocycles. The zero-order valence-corrected chi connectivity index (χ0v) is 23.6. The Balaban J connectivity index is 0.000000798. The Morgan fingerprint density at radius 3 is 1.69 bits per heavy atom. The minimum absolute atomic E-state index is 0. The van der Waals surface area contributed by atoms with Crippen LogP contribution in [0.5, 0.6) is 17.2 Å². The van der Waals surface area contributed by atoms with Crippen molar-refractivity contribution in [3.8, 4) is 17.2 Å². The molecule has 0 bridgehead atoms. The first-order valence-corrected chi connectivity index (χ1v) is 13.3. The molecule has 4 rings (SSSR count). The van der Waals surface area contributed by atoms with Crippen LogP contribution in [-0.4, -0.2) is 73.0 Å². The number of halogens is 2. The number of carboxylic acids is 2. The van der Waals surface area contributed by atoms with Gasteiger partial charge in [0.15, 0.2) is 11.5 Å². The fraction of sp³-hybridized carbons (Fsp3) is 0.355. The van der Waals surface area contributed by atoms with Crippen molar-refractivity contribution in [1.82, 2.24) is 4.90 Å². The summed E-state index contributed by atoms with van der Waals surface area (Å²) >= 11 is 0. The van der Waals surface area contributed by atoms with Gasteiger partial charge in [0, 0.05) is 12.5 Å². The summed E-state index contributed by atoms with van der Waals surface area (Å²) in [5.74, 6) is -1.63. The number of ether oxygens (including phenoxy) is 3. The molecular formula is C31H37F2NO8. The molecule has 1 heterocycles. The molecular weight excluding hydrogens is 552 g/mol. The SMILES string of the molecule is COc1cccc(OC)c1OCCCN1CCC(C(c2ccc(F)cc2)c2ccc(F)cc2)CC1.O.O=C(O)C(=O)O. The standard InChI is InChI=1S/C29H33F2NO3.C2H2O4.H2O/c1-33-26-5-3-6-27(34-2)29(26)35-20-4-17-32-18-15-23(16-19-32)28(21-7-11-24(30)12-8-21)22-9-13-25(31)14-10-22;3-1(4)2(5)6;/h3,5-14,23,28H,4,15-20H2,1-2H3;(H,3,4)(H,5,6);1H2. The highest BCUT2D eigenvalue weighted by Crippen LogP contribution is 2.39. The van der Waals surface area contributed by atoms with Crippen molar-refractivity contribution in [1.29, 1.82) is 0 Å². The van der Waals surface area contributed by atoms with E-state index in [1.54, 1.807) is 14.2 Å². The molecule has 228 valence electrons. The Labute approximate surface area is 243 Å². The molecule has 0 atom stereocenters. The van der Waals surface area contributed by atoms with Gasteiger partial charge in [0.05, 0.1) is 20.8 Å². The van der Waals surface area contributed by atoms with Crippen LogP contribution in [0.1, 0.15) is 36.3 Å². The van der Waals surface area contributed by atoms with Gasteiger partial charge in [-0.15, -0.1) is 0 Å². The van der Waals surface area contributed by atoms with Crippen LogP contribution in [0.25, 0.3) is 0 Å². The fourth-order valence-electron chi connectivity index (χ4n) is 5.01. The maximum absolute atomic E-state index is 13.6. The van der Waals surface area contributed by atoms with Crippen LogP contribution in [0, 0.1) is 17.6 Å². The number of hydrogen-bond donors (Lipinski definition) is 2. The van der Waals surface area contributed by atoms with Crippen molar-refractivity contribution in [2.75, 3.05) is 40.5 Å². The number of nitrogens with zero attached hydrogens (tertiary/aromatic N) is 1. The Hall–Kier alpha value is -4.22. The second-order valence-corrected chi connectivity index (χ2v) is 9.56. The van der Waals surface area contributed by atoms with Gasteiger partial charge in [0.1, 0.15) is 11.6 Å². The predicted molar refractivity (Wildman–Crippen MR) is 152 cm³/mol. The van der Waals surface area contributed by atoms with Gasteiger partial charge in [0.25, 0.3) is 0 Å². The van der Waals surface area contributed by atoms with Gasteiger partial charge in [0.2, 0.25) is 5.75 Å². The predicted octanol–water partition coefficient (Wildman–Crippen LogP) is 4.63. The van der Waals surface area contributed by atoms with E-state index in [1.807, 2.05) is 42.5 Å². The molecule has 0 spiro atoms. The van der Waals surface area contributed by atoms with E-state index in [0.717, 1.165) is 50.0 Å². The van der Waals surface area contributed by atoms with Crippen molar-refractivity contribution >= 4 is 11.9 Å². The number of benzene rings is 3. The number of rotatable bonds is 10. The lowest BCUT2D eigenvalue weighted by Crippen LogP contribution is -2.36. The summed E-state index contributed by atoms with van der Waals surface area (Å²) < 4.78 is 43.9. The Morgan fingerprint density at radius 1 is 0.833 bits per heavy atom. The van der Waals surface area contributed by atoms with Crippen molar-refractivity contribution in [3.05, 3.63) is 89.5 Å². The highest BCUT2D eigenvalue weighted by molar-refractivity contribution is 6.27. The van der Waals surface area contributed by atoms with Gasteiger partial charge in [-0.05, 0) is 85.8 Å². The number of hydrogen-bond acceptors (Lipinski definition) is 6. The van der Waals surface area contributed by atoms with Gasteiger partial charge in [-0.1, -0.05) is 30.3 Å². The highest BCUT2D eigenvalue weighted by Gasteiger charge is 2.29. The lowest BCUT2D eigenvalue weighted by molar-refractivity contribution is -0.159. The molecule has 0 radical (unpaired) electrons. The molecule has 0 saturated carbocycles. The Morgan fingerprint density at radius 2 is 1.29 bits per heavy atom. The molecule has 0 aromatic heterocycles. The number of aliphatic carboxylic acids is 2. The second-order valence-electron chi connectivity index (χ2n) is 9.56. The number of piperidine rings is 1. The maximum atomic E-state index is 13.6. The summed E-state index contributed by atoms with van der Waals surface area (Å²) in [7, 11) is 3.24. The molecule has 1 aliphatic heterocycles. The van der Waals surface area contributed by atoms with Gasteiger partial charge in [-0.3, -0.25) is 0 Å². The van der Waals surface area contributed by atoms with E-state index in [1.165, 1.54) is 24.3 Å². The molecule has 1 fully saturated rings. The Bertz CT molecular complexity index is 1180. The molecule has 4 N–H and O–H groups in total. The molecule has 3 aromatic carbocycles. The molecule has 1 aliphatic rings. The fourth-order valence-corrected chi connectivity index (χ4v) is 5.01. The summed E-state index contributed by atoms with van der Waals surface area (Å²) in [6.07, 6.45) is 2.95. The molecule has 11 heteroatoms. The average Bonchev–Trinajstić information content (AvgIpc) is 2.98. The van der Waals surface area contributed by atoms with E-state index in [9.17, 15) is 8.78 Å². The summed E-state index contributed by atoms with van der Waals surface area (Å²) in [5, 5.41) is 14.8. The minimum atomic E-state index is -1.82. The highest BCUT2D eigenvalue weighted by atomic mass is 19.1. The van der Waals surface area contributed by atoms with Crippen LogP contribution in [0.15, 0.2) is 66.7 Å². The summed E-state index contributed by atoms with van der Waals surface area (Å²) in [4.78, 5) is 20.7. The quantitative estimate of drug-likeness (QED) is 0.258. The topological polar surface area (TPSA) is 137 Å². The van der Waals surface area contributed by atoms with Crippen LogP contribution >= 0.6 is 0 Å². The van der Waals surface area contributed by atoms with Crippen LogP contribution < -0.4 is 14.2 Å². The zero-order chi connectivity index (χ0) is 29.8. The first-order chi connectivity index (χ1) is 19.7. The van der Waals surface area contributed by atoms with Crippen LogP contribution in [0.2, 0.25) is 0 Å². The van der Waals surface area contributed by atoms with Crippen LogP contribution in [-0.2, 0) is 9.59 Å². The second kappa shape index (κ2) is 16.9. The third-order valence-corrected chi connectivity index (χ3v) is 6.99. The lowest BCUT2D eigenvalue weighted by atomic mass is 9.76. The van der Waals surface area contributed by atoms with E-state index in [2.05, 4.69) is 4.90 Å². The largest absolute Gasteiger partial charge is 0.493 e. The van der Waals surface area contributed by atoms with E-state index < -0.39 is 11.9 Å². The van der Waals surface area contributed by atoms with Crippen molar-refractivity contribution in [3.63, 3.8) is 0 Å². The Kier molecular flexibility index (Phi) is 13.7. The van der Waals surface area contributed by atoms with Gasteiger partial charge in [-0.25, -0.2) is 18.4 Å². The molecule has 1 saturated heterocycles. The third-order valence-electron chi connectivity index (χ3n) is 6.99. The number of carbonyl (C=O) groups is 2. The normalized spacial score (nSPS) is 13.4. The summed E-state index contributed by atoms with van der Waals surface area (Å²) in [6, 6.07) is 19.1. The lowest BCUT2D eigenvalue weighted by Gasteiger charge is -2.36. The van der Waals surface area contributed by atoms with E-state index in [0.29, 0.717) is 29.8 Å². The van der Waals surface area contributed by atoms with Crippen molar-refractivity contribution < 1.29 is 48.3 Å². The van der Waals surface area contributed by atoms with Gasteiger partial charge < -0.3 is 34.8 Å². The maximum Gasteiger partial charge on any atom is 0.414 e. The van der Waals surface area contributed by atoms with Crippen molar-refractivity contribution in [2.24, 2.45) is 5.92 Å². The molecule has 3 aromatic rings. The number of methoxy groups -OCH3 is 2. The number of carboxylic acid groups (broad SMARTS) is 2. The van der Waals surface area contributed by atoms with E-state index in [-0.39, 0.29) is 23.0 Å². The van der Waals surface area contributed by atoms with Gasteiger partial charge in [-0.2, -0.15) is 0 Å². The van der Waals surface area contributed by atoms with Crippen molar-refractivity contribution in [2.45, 2.75) is 25.2 Å². The van der Waals surface area contributed by atoms with Gasteiger partial charge >= 0.3 is 11.9 Å². The minimum Gasteiger partial charge on any atom is -0.493 e. The number of likely N-dealkylation sites (tertiary alicyclic amines) is 1. The van der Waals surface area contributed by atoms with E-state index >= 15 is 0 Å². The van der Waals surface area contributed by atoms with Crippen LogP contribution in [0.3, 0.4) is 0 Å². The molecule has 0 unspecified atom stereocenters. The van der Waals surface area contributed by atoms with Crippen LogP contribution in [0.4, 0.5) is 8.78 Å².